The maximum Gasteiger partial charge on any atom is 0.408 e. The average Bonchev–Trinajstić information content (AvgIpc) is 2.71. The lowest BCUT2D eigenvalue weighted by atomic mass is 10.2. The maximum atomic E-state index is 12.8. The van der Waals surface area contributed by atoms with Crippen LogP contribution in [0.15, 0.2) is 0 Å². The number of alkyl halides is 3. The second-order valence-electron chi connectivity index (χ2n) is 4.40. The van der Waals surface area contributed by atoms with Gasteiger partial charge < -0.3 is 14.7 Å². The molecule has 1 N–H and O–H groups in total. The van der Waals surface area contributed by atoms with Crippen LogP contribution in [0.1, 0.15) is 12.8 Å². The first-order valence-corrected chi connectivity index (χ1v) is 5.81. The third kappa shape index (κ3) is 2.54. The zero-order valence-corrected chi connectivity index (χ0v) is 9.69. The van der Waals surface area contributed by atoms with Crippen LogP contribution >= 0.6 is 0 Å². The molecule has 2 rings (SSSR count). The van der Waals surface area contributed by atoms with Crippen molar-refractivity contribution in [3.63, 3.8) is 0 Å². The number of morpholine rings is 1. The summed E-state index contributed by atoms with van der Waals surface area (Å²) in [4.78, 5) is 13.8. The molecular weight excluding hydrogens is 253 g/mol. The number of urea groups is 1. The largest absolute Gasteiger partial charge is 0.408 e. The topological polar surface area (TPSA) is 53.0 Å². The molecule has 104 valence electrons. The molecule has 2 heterocycles. The van der Waals surface area contributed by atoms with Gasteiger partial charge in [0.25, 0.3) is 0 Å². The fourth-order valence-electron chi connectivity index (χ4n) is 2.29. The van der Waals surface area contributed by atoms with E-state index in [9.17, 15) is 23.1 Å². The minimum atomic E-state index is -4.50. The van der Waals surface area contributed by atoms with Crippen LogP contribution in [-0.2, 0) is 4.74 Å². The lowest BCUT2D eigenvalue weighted by Gasteiger charge is -2.35. The number of aliphatic hydroxyl groups excluding tert-OH is 1. The van der Waals surface area contributed by atoms with E-state index in [-0.39, 0.29) is 25.9 Å². The Morgan fingerprint density at radius 3 is 2.39 bits per heavy atom. The summed E-state index contributed by atoms with van der Waals surface area (Å²) in [5.74, 6) is 0. The first-order chi connectivity index (χ1) is 8.41. The van der Waals surface area contributed by atoms with E-state index in [0.29, 0.717) is 18.1 Å². The van der Waals surface area contributed by atoms with E-state index in [4.69, 9.17) is 4.74 Å². The summed E-state index contributed by atoms with van der Waals surface area (Å²) in [6, 6.07) is -2.64. The number of likely N-dealkylation sites (tertiary alicyclic amines) is 1. The molecule has 0 aliphatic carbocycles. The number of carbonyl (C=O) groups excluding carboxylic acids is 1. The molecule has 0 saturated carbocycles. The smallest absolute Gasteiger partial charge is 0.378 e. The van der Waals surface area contributed by atoms with Crippen LogP contribution in [0.3, 0.4) is 0 Å². The molecule has 0 aromatic heterocycles. The molecule has 0 aromatic rings. The highest BCUT2D eigenvalue weighted by Crippen LogP contribution is 2.35. The molecule has 0 spiro atoms. The first kappa shape index (κ1) is 13.4. The number of ether oxygens (including phenoxy) is 1. The van der Waals surface area contributed by atoms with Crippen LogP contribution in [0.2, 0.25) is 0 Å². The average molecular weight is 268 g/mol. The van der Waals surface area contributed by atoms with Crippen molar-refractivity contribution >= 4 is 6.03 Å². The van der Waals surface area contributed by atoms with Gasteiger partial charge in [0, 0.05) is 13.1 Å². The fourth-order valence-corrected chi connectivity index (χ4v) is 2.29. The normalized spacial score (nSPS) is 29.8. The third-order valence-corrected chi connectivity index (χ3v) is 3.24. The van der Waals surface area contributed by atoms with Crippen molar-refractivity contribution in [2.45, 2.75) is 31.3 Å². The summed E-state index contributed by atoms with van der Waals surface area (Å²) in [7, 11) is 0. The van der Waals surface area contributed by atoms with Crippen molar-refractivity contribution < 1.29 is 27.8 Å². The number of nitrogens with zero attached hydrogens (tertiary/aromatic N) is 2. The van der Waals surface area contributed by atoms with E-state index in [1.165, 1.54) is 4.90 Å². The quantitative estimate of drug-likeness (QED) is 0.706. The molecule has 2 aliphatic heterocycles. The zero-order valence-electron chi connectivity index (χ0n) is 9.69. The van der Waals surface area contributed by atoms with Gasteiger partial charge in [-0.2, -0.15) is 13.2 Å². The van der Waals surface area contributed by atoms with E-state index in [2.05, 4.69) is 0 Å². The third-order valence-electron chi connectivity index (χ3n) is 3.24. The lowest BCUT2D eigenvalue weighted by Crippen LogP contribution is -2.55. The van der Waals surface area contributed by atoms with Gasteiger partial charge in [-0.25, -0.2) is 4.79 Å². The Hall–Kier alpha value is -1.02. The number of amides is 2. The number of hydrogen-bond acceptors (Lipinski definition) is 3. The Kier molecular flexibility index (Phi) is 3.67. The Bertz CT molecular complexity index is 318. The van der Waals surface area contributed by atoms with Gasteiger partial charge in [-0.15, -0.1) is 0 Å². The summed E-state index contributed by atoms with van der Waals surface area (Å²) in [5, 5.41) is 9.57. The second-order valence-corrected chi connectivity index (χ2v) is 4.40. The monoisotopic (exact) mass is 268 g/mol. The van der Waals surface area contributed by atoms with Gasteiger partial charge in [-0.3, -0.25) is 4.90 Å². The van der Waals surface area contributed by atoms with Crippen LogP contribution in [0.5, 0.6) is 0 Å². The highest BCUT2D eigenvalue weighted by Gasteiger charge is 2.52. The summed E-state index contributed by atoms with van der Waals surface area (Å²) < 4.78 is 43.3. The minimum absolute atomic E-state index is 0.0414. The lowest BCUT2D eigenvalue weighted by molar-refractivity contribution is -0.180. The van der Waals surface area contributed by atoms with Crippen LogP contribution < -0.4 is 0 Å². The summed E-state index contributed by atoms with van der Waals surface area (Å²) in [6.07, 6.45) is -6.15. The molecule has 0 bridgehead atoms. The Morgan fingerprint density at radius 1 is 1.22 bits per heavy atom. The molecule has 0 radical (unpaired) electrons. The van der Waals surface area contributed by atoms with E-state index < -0.39 is 24.5 Å². The molecule has 2 atom stereocenters. The molecule has 18 heavy (non-hydrogen) atoms. The molecule has 2 unspecified atom stereocenters. The van der Waals surface area contributed by atoms with Crippen LogP contribution in [0, 0.1) is 0 Å². The summed E-state index contributed by atoms with van der Waals surface area (Å²) in [5.41, 5.74) is 0. The summed E-state index contributed by atoms with van der Waals surface area (Å²) in [6.45, 7) is 1.14. The van der Waals surface area contributed by atoms with Crippen molar-refractivity contribution in [3.05, 3.63) is 0 Å². The van der Waals surface area contributed by atoms with Crippen LogP contribution in [-0.4, -0.2) is 65.7 Å². The Balaban J connectivity index is 2.10. The van der Waals surface area contributed by atoms with Crippen molar-refractivity contribution in [3.8, 4) is 0 Å². The van der Waals surface area contributed by atoms with E-state index in [0.717, 1.165) is 0 Å². The summed E-state index contributed by atoms with van der Waals surface area (Å²) >= 11 is 0. The van der Waals surface area contributed by atoms with E-state index >= 15 is 0 Å². The van der Waals surface area contributed by atoms with Gasteiger partial charge in [0.15, 0.2) is 0 Å². The number of hydrogen-bond donors (Lipinski definition) is 1. The molecule has 2 aliphatic rings. The second kappa shape index (κ2) is 4.93. The fraction of sp³-hybridized carbons (Fsp3) is 0.900. The van der Waals surface area contributed by atoms with Crippen LogP contribution in [0.4, 0.5) is 18.0 Å². The van der Waals surface area contributed by atoms with Gasteiger partial charge in [0.05, 0.1) is 13.2 Å². The number of rotatable bonds is 0. The Morgan fingerprint density at radius 2 is 1.83 bits per heavy atom. The number of halogens is 3. The molecule has 0 aromatic carbocycles. The van der Waals surface area contributed by atoms with E-state index in [1.807, 2.05) is 0 Å². The van der Waals surface area contributed by atoms with Gasteiger partial charge in [0.1, 0.15) is 12.3 Å². The molecule has 2 amide bonds. The molecule has 2 saturated heterocycles. The molecule has 2 fully saturated rings. The Labute approximate surface area is 102 Å². The predicted molar refractivity (Wildman–Crippen MR) is 54.7 cm³/mol. The van der Waals surface area contributed by atoms with Crippen molar-refractivity contribution in [1.82, 2.24) is 9.80 Å². The molecule has 8 heteroatoms. The van der Waals surface area contributed by atoms with Crippen molar-refractivity contribution in [1.29, 1.82) is 0 Å². The molecular formula is C10H15F3N2O3. The zero-order chi connectivity index (χ0) is 13.3. The van der Waals surface area contributed by atoms with Crippen molar-refractivity contribution in [2.24, 2.45) is 0 Å². The van der Waals surface area contributed by atoms with Crippen LogP contribution in [0.25, 0.3) is 0 Å². The predicted octanol–water partition coefficient (Wildman–Crippen LogP) is 0.784. The van der Waals surface area contributed by atoms with Gasteiger partial charge in [-0.05, 0) is 12.8 Å². The SMILES string of the molecule is O=C(N1CCOCC1)N1C(O)CCC1C(F)(F)F. The number of carbonyl (C=O) groups is 1. The van der Waals surface area contributed by atoms with Gasteiger partial charge in [0.2, 0.25) is 0 Å². The maximum absolute atomic E-state index is 12.8. The van der Waals surface area contributed by atoms with Crippen molar-refractivity contribution in [2.75, 3.05) is 26.3 Å². The highest BCUT2D eigenvalue weighted by atomic mass is 19.4. The first-order valence-electron chi connectivity index (χ1n) is 5.81. The minimum Gasteiger partial charge on any atom is -0.378 e. The van der Waals surface area contributed by atoms with Gasteiger partial charge >= 0.3 is 12.2 Å². The standard InChI is InChI=1S/C10H15F3N2O3/c11-10(12,13)7-1-2-8(16)15(7)9(17)14-3-5-18-6-4-14/h7-8,16H,1-6H2. The van der Waals surface area contributed by atoms with E-state index in [1.54, 1.807) is 0 Å². The molecule has 5 nitrogen and oxygen atoms in total. The highest BCUT2D eigenvalue weighted by molar-refractivity contribution is 5.75. The van der Waals surface area contributed by atoms with Gasteiger partial charge in [-0.1, -0.05) is 0 Å². The number of aliphatic hydroxyl groups is 1.